The Morgan fingerprint density at radius 3 is 2.63 bits per heavy atom. The van der Waals surface area contributed by atoms with Gasteiger partial charge in [0.15, 0.2) is 12.3 Å². The van der Waals surface area contributed by atoms with Crippen molar-refractivity contribution in [3.63, 3.8) is 0 Å². The number of nitro groups is 1. The second-order valence-corrected chi connectivity index (χ2v) is 6.52. The van der Waals surface area contributed by atoms with Gasteiger partial charge >= 0.3 is 5.97 Å². The molecule has 0 spiro atoms. The lowest BCUT2D eigenvalue weighted by Gasteiger charge is -2.04. The van der Waals surface area contributed by atoms with Gasteiger partial charge < -0.3 is 4.74 Å². The fraction of sp³-hybridized carbons (Fsp3) is 0.105. The van der Waals surface area contributed by atoms with Crippen LogP contribution in [-0.4, -0.2) is 28.3 Å². The molecule has 0 unspecified atom stereocenters. The van der Waals surface area contributed by atoms with Gasteiger partial charge in [-0.05, 0) is 6.92 Å². The number of benzene rings is 2. The molecule has 0 saturated carbocycles. The minimum absolute atomic E-state index is 0.113. The number of aromatic nitrogens is 1. The van der Waals surface area contributed by atoms with E-state index in [0.717, 1.165) is 5.56 Å². The average Bonchev–Trinajstić information content (AvgIpc) is 3.17. The third-order valence-corrected chi connectivity index (χ3v) is 4.69. The van der Waals surface area contributed by atoms with Gasteiger partial charge in [-0.1, -0.05) is 42.5 Å². The van der Waals surface area contributed by atoms with E-state index in [1.165, 1.54) is 29.5 Å². The Bertz CT molecular complexity index is 1010. The van der Waals surface area contributed by atoms with Gasteiger partial charge in [0, 0.05) is 28.1 Å². The summed E-state index contributed by atoms with van der Waals surface area (Å²) in [6, 6.07) is 13.5. The molecule has 27 heavy (non-hydrogen) atoms. The summed E-state index contributed by atoms with van der Waals surface area (Å²) in [5.41, 5.74) is 1.40. The van der Waals surface area contributed by atoms with Crippen LogP contribution in [0, 0.1) is 17.0 Å². The number of aryl methyl sites for hydroxylation is 1. The normalized spacial score (nSPS) is 10.4. The van der Waals surface area contributed by atoms with Crippen molar-refractivity contribution in [2.75, 3.05) is 6.61 Å². The highest BCUT2D eigenvalue weighted by molar-refractivity contribution is 7.13. The molecule has 8 heteroatoms. The SMILES string of the molecule is Cc1ccc(C(=O)COC(=O)c2csc(-c3ccccc3)n2)cc1[N+](=O)[O-]. The topological polar surface area (TPSA) is 99.4 Å². The second-order valence-electron chi connectivity index (χ2n) is 5.66. The zero-order valence-corrected chi connectivity index (χ0v) is 15.1. The Kier molecular flexibility index (Phi) is 5.37. The fourth-order valence-electron chi connectivity index (χ4n) is 2.35. The number of nitrogens with zero attached hydrogens (tertiary/aromatic N) is 2. The Morgan fingerprint density at radius 1 is 1.19 bits per heavy atom. The maximum Gasteiger partial charge on any atom is 0.358 e. The molecule has 2 aromatic carbocycles. The van der Waals surface area contributed by atoms with Crippen LogP contribution in [0.1, 0.15) is 26.4 Å². The molecule has 0 amide bonds. The molecule has 1 heterocycles. The molecular formula is C19H14N2O5S. The number of Topliss-reactive ketones (excluding diaryl/α,β-unsaturated/α-hetero) is 1. The van der Waals surface area contributed by atoms with Gasteiger partial charge in [0.25, 0.3) is 5.69 Å². The summed E-state index contributed by atoms with van der Waals surface area (Å²) in [6.45, 7) is 1.07. The van der Waals surface area contributed by atoms with Gasteiger partial charge in [0.2, 0.25) is 5.78 Å². The summed E-state index contributed by atoms with van der Waals surface area (Å²) in [4.78, 5) is 38.9. The quantitative estimate of drug-likeness (QED) is 0.276. The summed E-state index contributed by atoms with van der Waals surface area (Å²) < 4.78 is 5.01. The molecule has 0 saturated heterocycles. The van der Waals surface area contributed by atoms with Gasteiger partial charge in [0.05, 0.1) is 4.92 Å². The number of ether oxygens (including phenoxy) is 1. The van der Waals surface area contributed by atoms with Crippen LogP contribution in [0.5, 0.6) is 0 Å². The van der Waals surface area contributed by atoms with Crippen molar-refractivity contribution >= 4 is 28.8 Å². The minimum Gasteiger partial charge on any atom is -0.453 e. The largest absolute Gasteiger partial charge is 0.453 e. The van der Waals surface area contributed by atoms with Crippen molar-refractivity contribution in [3.8, 4) is 10.6 Å². The number of ketones is 1. The van der Waals surface area contributed by atoms with Crippen LogP contribution in [0.4, 0.5) is 5.69 Å². The maximum absolute atomic E-state index is 12.2. The van der Waals surface area contributed by atoms with E-state index in [9.17, 15) is 19.7 Å². The van der Waals surface area contributed by atoms with Crippen LogP contribution in [0.15, 0.2) is 53.9 Å². The molecule has 0 N–H and O–H groups in total. The highest BCUT2D eigenvalue weighted by Gasteiger charge is 2.18. The van der Waals surface area contributed by atoms with E-state index >= 15 is 0 Å². The summed E-state index contributed by atoms with van der Waals surface area (Å²) >= 11 is 1.30. The first kappa shape index (κ1) is 18.4. The highest BCUT2D eigenvalue weighted by atomic mass is 32.1. The maximum atomic E-state index is 12.2. The first-order chi connectivity index (χ1) is 13.0. The van der Waals surface area contributed by atoms with E-state index in [4.69, 9.17) is 4.74 Å². The number of nitro benzene ring substituents is 1. The summed E-state index contributed by atoms with van der Waals surface area (Å²) in [6.07, 6.45) is 0. The number of hydrogen-bond donors (Lipinski definition) is 0. The van der Waals surface area contributed by atoms with E-state index < -0.39 is 23.3 Å². The van der Waals surface area contributed by atoms with E-state index in [1.807, 2.05) is 30.3 Å². The van der Waals surface area contributed by atoms with Crippen molar-refractivity contribution in [2.24, 2.45) is 0 Å². The smallest absolute Gasteiger partial charge is 0.358 e. The fourth-order valence-corrected chi connectivity index (χ4v) is 3.14. The molecule has 136 valence electrons. The molecule has 0 aliphatic heterocycles. The lowest BCUT2D eigenvalue weighted by molar-refractivity contribution is -0.385. The van der Waals surface area contributed by atoms with Gasteiger partial charge in [-0.2, -0.15) is 0 Å². The number of hydrogen-bond acceptors (Lipinski definition) is 7. The Balaban J connectivity index is 1.66. The third-order valence-electron chi connectivity index (χ3n) is 3.80. The number of thiazole rings is 1. The molecule has 3 rings (SSSR count). The lowest BCUT2D eigenvalue weighted by Crippen LogP contribution is -2.14. The molecule has 0 radical (unpaired) electrons. The number of carbonyl (C=O) groups excluding carboxylic acids is 2. The van der Waals surface area contributed by atoms with E-state index in [1.54, 1.807) is 12.3 Å². The molecule has 7 nitrogen and oxygen atoms in total. The van der Waals surface area contributed by atoms with Crippen LogP contribution in [0.25, 0.3) is 10.6 Å². The third kappa shape index (κ3) is 4.24. The van der Waals surface area contributed by atoms with Crippen molar-refractivity contribution in [2.45, 2.75) is 6.92 Å². The standard InChI is InChI=1S/C19H14N2O5S/c1-12-7-8-14(9-16(12)21(24)25)17(22)10-26-19(23)15-11-27-18(20-15)13-5-3-2-4-6-13/h2-9,11H,10H2,1H3. The predicted molar refractivity (Wildman–Crippen MR) is 100.0 cm³/mol. The average molecular weight is 382 g/mol. The number of carbonyl (C=O) groups is 2. The molecule has 0 aliphatic rings. The van der Waals surface area contributed by atoms with E-state index in [0.29, 0.717) is 10.6 Å². The van der Waals surface area contributed by atoms with Crippen molar-refractivity contribution in [1.82, 2.24) is 4.98 Å². The number of esters is 1. The molecule has 3 aromatic rings. The Morgan fingerprint density at radius 2 is 1.93 bits per heavy atom. The Labute approximate surface area is 158 Å². The molecule has 0 atom stereocenters. The van der Waals surface area contributed by atoms with Gasteiger partial charge in [0.1, 0.15) is 5.01 Å². The lowest BCUT2D eigenvalue weighted by atomic mass is 10.1. The first-order valence-electron chi connectivity index (χ1n) is 7.92. The van der Waals surface area contributed by atoms with Crippen molar-refractivity contribution in [1.29, 1.82) is 0 Å². The van der Waals surface area contributed by atoms with E-state index in [2.05, 4.69) is 4.98 Å². The van der Waals surface area contributed by atoms with Crippen LogP contribution >= 0.6 is 11.3 Å². The van der Waals surface area contributed by atoms with Gasteiger partial charge in [-0.3, -0.25) is 14.9 Å². The Hall–Kier alpha value is -3.39. The molecule has 0 bridgehead atoms. The molecule has 0 aliphatic carbocycles. The van der Waals surface area contributed by atoms with E-state index in [-0.39, 0.29) is 16.9 Å². The minimum atomic E-state index is -0.719. The molecule has 0 fully saturated rings. The second kappa shape index (κ2) is 7.88. The van der Waals surface area contributed by atoms with Crippen LogP contribution in [-0.2, 0) is 4.74 Å². The first-order valence-corrected chi connectivity index (χ1v) is 8.80. The van der Waals surface area contributed by atoms with Crippen LogP contribution < -0.4 is 0 Å². The van der Waals surface area contributed by atoms with Crippen molar-refractivity contribution < 1.29 is 19.2 Å². The van der Waals surface area contributed by atoms with Crippen LogP contribution in [0.2, 0.25) is 0 Å². The summed E-state index contributed by atoms with van der Waals surface area (Å²) in [5.74, 6) is -1.24. The molecular weight excluding hydrogens is 368 g/mol. The monoisotopic (exact) mass is 382 g/mol. The summed E-state index contributed by atoms with van der Waals surface area (Å²) in [7, 11) is 0. The molecule has 1 aromatic heterocycles. The van der Waals surface area contributed by atoms with Crippen LogP contribution in [0.3, 0.4) is 0 Å². The zero-order valence-electron chi connectivity index (χ0n) is 14.2. The number of rotatable bonds is 6. The van der Waals surface area contributed by atoms with Gasteiger partial charge in [-0.15, -0.1) is 11.3 Å². The van der Waals surface area contributed by atoms with Gasteiger partial charge in [-0.25, -0.2) is 9.78 Å². The van der Waals surface area contributed by atoms with Crippen molar-refractivity contribution in [3.05, 3.63) is 80.8 Å². The summed E-state index contributed by atoms with van der Waals surface area (Å²) in [5, 5.41) is 13.2. The predicted octanol–water partition coefficient (Wildman–Crippen LogP) is 4.07. The highest BCUT2D eigenvalue weighted by Crippen LogP contribution is 2.24. The zero-order chi connectivity index (χ0) is 19.4.